The highest BCUT2D eigenvalue weighted by Gasteiger charge is 2.22. The van der Waals surface area contributed by atoms with Crippen LogP contribution in [0.15, 0.2) is 47.4 Å². The normalized spacial score (nSPS) is 11.8. The molecule has 0 heterocycles. The van der Waals surface area contributed by atoms with Crippen molar-refractivity contribution in [3.63, 3.8) is 0 Å². The zero-order chi connectivity index (χ0) is 21.1. The van der Waals surface area contributed by atoms with Crippen molar-refractivity contribution in [3.05, 3.63) is 53.8 Å². The summed E-state index contributed by atoms with van der Waals surface area (Å²) in [4.78, 5) is 23.5. The van der Waals surface area contributed by atoms with Crippen LogP contribution >= 0.6 is 0 Å². The molecule has 0 spiro atoms. The first-order valence-electron chi connectivity index (χ1n) is 8.40. The molecule has 0 aliphatic carbocycles. The molecule has 0 unspecified atom stereocenters. The molecule has 2 amide bonds. The molecule has 0 saturated heterocycles. The van der Waals surface area contributed by atoms with Crippen LogP contribution in [0.5, 0.6) is 0 Å². The third kappa shape index (κ3) is 5.86. The van der Waals surface area contributed by atoms with E-state index in [1.807, 2.05) is 0 Å². The lowest BCUT2D eigenvalue weighted by atomic mass is 10.1. The van der Waals surface area contributed by atoms with Gasteiger partial charge in [0, 0.05) is 23.7 Å². The van der Waals surface area contributed by atoms with Crippen molar-refractivity contribution < 1.29 is 22.4 Å². The number of hydrogen-bond donors (Lipinski definition) is 3. The first kappa shape index (κ1) is 21.5. The lowest BCUT2D eigenvalue weighted by Gasteiger charge is -2.20. The maximum atomic E-state index is 13.7. The summed E-state index contributed by atoms with van der Waals surface area (Å²) in [6.45, 7) is 6.42. The average Bonchev–Trinajstić information content (AvgIpc) is 2.55. The van der Waals surface area contributed by atoms with Crippen LogP contribution < -0.4 is 15.4 Å². The van der Waals surface area contributed by atoms with E-state index in [-0.39, 0.29) is 21.8 Å². The van der Waals surface area contributed by atoms with Gasteiger partial charge in [-0.25, -0.2) is 17.5 Å². The summed E-state index contributed by atoms with van der Waals surface area (Å²) in [7, 11) is -3.70. The van der Waals surface area contributed by atoms with E-state index < -0.39 is 33.2 Å². The summed E-state index contributed by atoms with van der Waals surface area (Å²) >= 11 is 0. The number of nitrogens with one attached hydrogen (secondary N) is 3. The highest BCUT2D eigenvalue weighted by molar-refractivity contribution is 7.89. The van der Waals surface area contributed by atoms with E-state index in [1.54, 1.807) is 20.8 Å². The highest BCUT2D eigenvalue weighted by Crippen LogP contribution is 2.21. The number of benzene rings is 2. The summed E-state index contributed by atoms with van der Waals surface area (Å²) in [6, 6.07) is 9.18. The Kier molecular flexibility index (Phi) is 6.20. The van der Waals surface area contributed by atoms with Gasteiger partial charge in [-0.3, -0.25) is 9.59 Å². The number of amides is 2. The fourth-order valence-electron chi connectivity index (χ4n) is 2.34. The van der Waals surface area contributed by atoms with Crippen molar-refractivity contribution in [3.8, 4) is 0 Å². The molecule has 28 heavy (non-hydrogen) atoms. The van der Waals surface area contributed by atoms with Crippen molar-refractivity contribution in [2.45, 2.75) is 38.1 Å². The van der Waals surface area contributed by atoms with Crippen LogP contribution in [0, 0.1) is 5.82 Å². The summed E-state index contributed by atoms with van der Waals surface area (Å²) in [5.41, 5.74) is -0.190. The van der Waals surface area contributed by atoms with Gasteiger partial charge in [0.1, 0.15) is 5.82 Å². The monoisotopic (exact) mass is 407 g/mol. The topological polar surface area (TPSA) is 104 Å². The SMILES string of the molecule is CC(=O)Nc1cc(NC(=O)c2ccc(S(=O)(=O)NC(C)(C)C)cc2)ccc1F. The Bertz CT molecular complexity index is 997. The first-order chi connectivity index (χ1) is 12.9. The predicted octanol–water partition coefficient (Wildman–Crippen LogP) is 3.11. The highest BCUT2D eigenvalue weighted by atomic mass is 32.2. The van der Waals surface area contributed by atoms with Gasteiger partial charge >= 0.3 is 0 Å². The fourth-order valence-corrected chi connectivity index (χ4v) is 3.76. The first-order valence-corrected chi connectivity index (χ1v) is 9.88. The van der Waals surface area contributed by atoms with Gasteiger partial charge in [0.25, 0.3) is 5.91 Å². The molecule has 2 aromatic carbocycles. The maximum Gasteiger partial charge on any atom is 0.255 e. The Morgan fingerprint density at radius 3 is 2.11 bits per heavy atom. The molecule has 0 bridgehead atoms. The second-order valence-electron chi connectivity index (χ2n) is 7.21. The molecule has 9 heteroatoms. The van der Waals surface area contributed by atoms with Gasteiger partial charge in [0.2, 0.25) is 15.9 Å². The Morgan fingerprint density at radius 1 is 0.964 bits per heavy atom. The summed E-state index contributed by atoms with van der Waals surface area (Å²) in [5, 5.41) is 4.90. The Morgan fingerprint density at radius 2 is 1.57 bits per heavy atom. The van der Waals surface area contributed by atoms with Crippen LogP contribution in [0.2, 0.25) is 0 Å². The van der Waals surface area contributed by atoms with Gasteiger partial charge in [0.15, 0.2) is 0 Å². The largest absolute Gasteiger partial charge is 0.324 e. The molecule has 0 aromatic heterocycles. The van der Waals surface area contributed by atoms with Gasteiger partial charge in [0.05, 0.1) is 10.6 Å². The van der Waals surface area contributed by atoms with Crippen molar-refractivity contribution in [2.75, 3.05) is 10.6 Å². The van der Waals surface area contributed by atoms with Crippen LogP contribution in [0.25, 0.3) is 0 Å². The van der Waals surface area contributed by atoms with Crippen molar-refractivity contribution in [1.29, 1.82) is 0 Å². The zero-order valence-electron chi connectivity index (χ0n) is 16.0. The summed E-state index contributed by atoms with van der Waals surface area (Å²) in [5.74, 6) is -1.58. The van der Waals surface area contributed by atoms with Gasteiger partial charge in [-0.1, -0.05) is 0 Å². The number of carbonyl (C=O) groups excluding carboxylic acids is 2. The molecule has 0 aliphatic heterocycles. The number of halogens is 1. The molecule has 0 radical (unpaired) electrons. The molecule has 0 aliphatic rings. The third-order valence-electron chi connectivity index (χ3n) is 3.40. The zero-order valence-corrected chi connectivity index (χ0v) is 16.8. The van der Waals surface area contributed by atoms with Gasteiger partial charge in [-0.2, -0.15) is 0 Å². The van der Waals surface area contributed by atoms with Crippen LogP contribution in [0.1, 0.15) is 38.1 Å². The van der Waals surface area contributed by atoms with Crippen LogP contribution in [-0.4, -0.2) is 25.8 Å². The Hall–Kier alpha value is -2.78. The molecular formula is C19H22FN3O4S. The molecule has 0 atom stereocenters. The molecule has 7 nitrogen and oxygen atoms in total. The second-order valence-corrected chi connectivity index (χ2v) is 8.89. The fraction of sp³-hybridized carbons (Fsp3) is 0.263. The molecule has 2 aromatic rings. The van der Waals surface area contributed by atoms with E-state index >= 15 is 0 Å². The predicted molar refractivity (Wildman–Crippen MR) is 105 cm³/mol. The van der Waals surface area contributed by atoms with E-state index in [0.717, 1.165) is 6.07 Å². The number of hydrogen-bond acceptors (Lipinski definition) is 4. The smallest absolute Gasteiger partial charge is 0.255 e. The van der Waals surface area contributed by atoms with E-state index in [0.29, 0.717) is 0 Å². The van der Waals surface area contributed by atoms with Crippen molar-refractivity contribution >= 4 is 33.2 Å². The Labute approximate surface area is 163 Å². The average molecular weight is 407 g/mol. The number of rotatable bonds is 5. The van der Waals surface area contributed by atoms with E-state index in [4.69, 9.17) is 0 Å². The minimum atomic E-state index is -3.70. The van der Waals surface area contributed by atoms with Gasteiger partial charge < -0.3 is 10.6 Å². The van der Waals surface area contributed by atoms with Crippen molar-refractivity contribution in [2.24, 2.45) is 0 Å². The molecule has 150 valence electrons. The minimum Gasteiger partial charge on any atom is -0.324 e. The lowest BCUT2D eigenvalue weighted by molar-refractivity contribution is -0.114. The van der Waals surface area contributed by atoms with Gasteiger partial charge in [-0.05, 0) is 63.2 Å². The molecule has 0 saturated carbocycles. The molecule has 0 fully saturated rings. The molecular weight excluding hydrogens is 385 g/mol. The summed E-state index contributed by atoms with van der Waals surface area (Å²) < 4.78 is 40.8. The van der Waals surface area contributed by atoms with E-state index in [2.05, 4.69) is 15.4 Å². The number of carbonyl (C=O) groups is 2. The number of anilines is 2. The van der Waals surface area contributed by atoms with Crippen LogP contribution in [-0.2, 0) is 14.8 Å². The quantitative estimate of drug-likeness (QED) is 0.708. The van der Waals surface area contributed by atoms with Crippen LogP contribution in [0.3, 0.4) is 0 Å². The number of sulfonamides is 1. The second kappa shape index (κ2) is 8.07. The molecule has 3 N–H and O–H groups in total. The standard InChI is InChI=1S/C19H22FN3O4S/c1-12(24)21-17-11-14(7-10-16(17)20)22-18(25)13-5-8-15(9-6-13)28(26,27)23-19(2,3)4/h5-11,23H,1-4H3,(H,21,24)(H,22,25). The summed E-state index contributed by atoms with van der Waals surface area (Å²) in [6.07, 6.45) is 0. The van der Waals surface area contributed by atoms with Crippen LogP contribution in [0.4, 0.5) is 15.8 Å². The third-order valence-corrected chi connectivity index (χ3v) is 5.18. The Balaban J connectivity index is 2.17. The van der Waals surface area contributed by atoms with Crippen molar-refractivity contribution in [1.82, 2.24) is 4.72 Å². The van der Waals surface area contributed by atoms with Gasteiger partial charge in [-0.15, -0.1) is 0 Å². The molecule has 2 rings (SSSR count). The lowest BCUT2D eigenvalue weighted by Crippen LogP contribution is -2.40. The maximum absolute atomic E-state index is 13.7. The van der Waals surface area contributed by atoms with E-state index in [9.17, 15) is 22.4 Å². The minimum absolute atomic E-state index is 0.0358. The van der Waals surface area contributed by atoms with E-state index in [1.165, 1.54) is 43.3 Å².